The van der Waals surface area contributed by atoms with Gasteiger partial charge in [0, 0.05) is 11.8 Å². The van der Waals surface area contributed by atoms with Gasteiger partial charge in [-0.1, -0.05) is 57.9 Å². The fourth-order valence-corrected chi connectivity index (χ4v) is 2.09. The molecule has 0 N–H and O–H groups in total. The summed E-state index contributed by atoms with van der Waals surface area (Å²) < 4.78 is 5.72. The Morgan fingerprint density at radius 3 is 2.11 bits per heavy atom. The van der Waals surface area contributed by atoms with Crippen LogP contribution in [0, 0.1) is 6.92 Å². The molecule has 0 amide bonds. The monoisotopic (exact) mass is 304 g/mol. The molecule has 0 bridgehead atoms. The summed E-state index contributed by atoms with van der Waals surface area (Å²) in [4.78, 5) is 0. The second-order valence-electron chi connectivity index (χ2n) is 4.36. The zero-order chi connectivity index (χ0) is 12.8. The Kier molecular flexibility index (Phi) is 4.82. The third-order valence-corrected chi connectivity index (χ3v) is 3.51. The van der Waals surface area contributed by atoms with Crippen molar-refractivity contribution in [2.75, 3.05) is 6.61 Å². The number of hydrogen-bond donors (Lipinski definition) is 0. The van der Waals surface area contributed by atoms with Crippen LogP contribution in [-0.4, -0.2) is 6.61 Å². The van der Waals surface area contributed by atoms with Crippen molar-refractivity contribution in [2.24, 2.45) is 0 Å². The van der Waals surface area contributed by atoms with E-state index in [1.54, 1.807) is 0 Å². The number of alkyl halides is 1. The molecule has 0 atom stereocenters. The smallest absolute Gasteiger partial charge is 0.119 e. The Hall–Kier alpha value is -1.28. The van der Waals surface area contributed by atoms with Crippen LogP contribution in [0.25, 0.3) is 0 Å². The summed E-state index contributed by atoms with van der Waals surface area (Å²) in [6.07, 6.45) is 0.945. The molecule has 2 rings (SSSR count). The first-order valence-electron chi connectivity index (χ1n) is 6.11. The van der Waals surface area contributed by atoms with E-state index in [1.807, 2.05) is 12.1 Å². The minimum atomic E-state index is 0.719. The predicted octanol–water partition coefficient (Wildman–Crippen LogP) is 4.51. The largest absolute Gasteiger partial charge is 0.493 e. The number of rotatable bonds is 5. The third-order valence-electron chi connectivity index (χ3n) is 2.86. The lowest BCUT2D eigenvalue weighted by atomic mass is 10.1. The zero-order valence-corrected chi connectivity index (χ0v) is 12.1. The molecule has 0 aliphatic heterocycles. The molecule has 0 heterocycles. The van der Waals surface area contributed by atoms with Crippen LogP contribution in [0.5, 0.6) is 5.75 Å². The van der Waals surface area contributed by atoms with Crippen LogP contribution >= 0.6 is 15.9 Å². The van der Waals surface area contributed by atoms with Gasteiger partial charge in [0.25, 0.3) is 0 Å². The standard InChI is InChI=1S/C16H17BrO/c1-13-2-4-14(5-3-13)10-11-18-16-8-6-15(12-17)7-9-16/h2-9H,10-12H2,1H3. The first-order valence-corrected chi connectivity index (χ1v) is 7.23. The summed E-state index contributed by atoms with van der Waals surface area (Å²) in [6.45, 7) is 2.82. The van der Waals surface area contributed by atoms with E-state index in [2.05, 4.69) is 59.3 Å². The van der Waals surface area contributed by atoms with Crippen LogP contribution in [0.2, 0.25) is 0 Å². The highest BCUT2D eigenvalue weighted by Crippen LogP contribution is 2.14. The van der Waals surface area contributed by atoms with E-state index < -0.39 is 0 Å². The van der Waals surface area contributed by atoms with E-state index >= 15 is 0 Å². The molecule has 0 fully saturated rings. The van der Waals surface area contributed by atoms with Crippen LogP contribution in [0.15, 0.2) is 48.5 Å². The maximum absolute atomic E-state index is 5.72. The summed E-state index contributed by atoms with van der Waals surface area (Å²) in [6, 6.07) is 16.8. The molecule has 2 aromatic carbocycles. The minimum Gasteiger partial charge on any atom is -0.493 e. The van der Waals surface area contributed by atoms with Gasteiger partial charge in [-0.25, -0.2) is 0 Å². The number of benzene rings is 2. The lowest BCUT2D eigenvalue weighted by Crippen LogP contribution is -2.01. The molecule has 94 valence electrons. The highest BCUT2D eigenvalue weighted by atomic mass is 79.9. The van der Waals surface area contributed by atoms with Gasteiger partial charge in [-0.2, -0.15) is 0 Å². The molecule has 0 spiro atoms. The molecule has 0 unspecified atom stereocenters. The van der Waals surface area contributed by atoms with Gasteiger partial charge in [0.15, 0.2) is 0 Å². The van der Waals surface area contributed by atoms with Gasteiger partial charge >= 0.3 is 0 Å². The first kappa shape index (κ1) is 13.2. The lowest BCUT2D eigenvalue weighted by Gasteiger charge is -2.07. The zero-order valence-electron chi connectivity index (χ0n) is 10.5. The van der Waals surface area contributed by atoms with Gasteiger partial charge in [-0.05, 0) is 30.2 Å². The maximum atomic E-state index is 5.72. The molecule has 18 heavy (non-hydrogen) atoms. The molecule has 0 radical (unpaired) electrons. The molecule has 0 aromatic heterocycles. The van der Waals surface area contributed by atoms with Gasteiger partial charge < -0.3 is 4.74 Å². The van der Waals surface area contributed by atoms with Crippen molar-refractivity contribution in [3.8, 4) is 5.75 Å². The van der Waals surface area contributed by atoms with E-state index in [0.717, 1.165) is 24.1 Å². The van der Waals surface area contributed by atoms with Crippen molar-refractivity contribution in [1.29, 1.82) is 0 Å². The average molecular weight is 305 g/mol. The van der Waals surface area contributed by atoms with Crippen molar-refractivity contribution in [1.82, 2.24) is 0 Å². The Balaban J connectivity index is 1.82. The fraction of sp³-hybridized carbons (Fsp3) is 0.250. The molecular weight excluding hydrogens is 288 g/mol. The van der Waals surface area contributed by atoms with Crippen LogP contribution < -0.4 is 4.74 Å². The van der Waals surface area contributed by atoms with Crippen LogP contribution in [0.3, 0.4) is 0 Å². The fourth-order valence-electron chi connectivity index (χ4n) is 1.72. The van der Waals surface area contributed by atoms with Crippen molar-refractivity contribution in [3.63, 3.8) is 0 Å². The van der Waals surface area contributed by atoms with E-state index in [-0.39, 0.29) is 0 Å². The van der Waals surface area contributed by atoms with Gasteiger partial charge in [0.05, 0.1) is 6.61 Å². The van der Waals surface area contributed by atoms with Crippen LogP contribution in [0.4, 0.5) is 0 Å². The second-order valence-corrected chi connectivity index (χ2v) is 4.92. The van der Waals surface area contributed by atoms with Gasteiger partial charge in [0.1, 0.15) is 5.75 Å². The number of hydrogen-bond acceptors (Lipinski definition) is 1. The van der Waals surface area contributed by atoms with E-state index in [0.29, 0.717) is 0 Å². The van der Waals surface area contributed by atoms with Crippen molar-refractivity contribution in [3.05, 3.63) is 65.2 Å². The summed E-state index contributed by atoms with van der Waals surface area (Å²) in [7, 11) is 0. The normalized spacial score (nSPS) is 10.3. The predicted molar refractivity (Wildman–Crippen MR) is 79.5 cm³/mol. The summed E-state index contributed by atoms with van der Waals surface area (Å²) >= 11 is 3.43. The summed E-state index contributed by atoms with van der Waals surface area (Å²) in [5, 5.41) is 0.886. The Labute approximate surface area is 117 Å². The Morgan fingerprint density at radius 1 is 0.889 bits per heavy atom. The van der Waals surface area contributed by atoms with Gasteiger partial charge in [-0.3, -0.25) is 0 Å². The molecular formula is C16H17BrO. The van der Waals surface area contributed by atoms with Crippen molar-refractivity contribution < 1.29 is 4.74 Å². The van der Waals surface area contributed by atoms with Crippen LogP contribution in [0.1, 0.15) is 16.7 Å². The van der Waals surface area contributed by atoms with E-state index in [4.69, 9.17) is 4.74 Å². The highest BCUT2D eigenvalue weighted by molar-refractivity contribution is 9.08. The number of aryl methyl sites for hydroxylation is 1. The van der Waals surface area contributed by atoms with Gasteiger partial charge in [-0.15, -0.1) is 0 Å². The average Bonchev–Trinajstić information content (AvgIpc) is 2.42. The maximum Gasteiger partial charge on any atom is 0.119 e. The molecule has 0 saturated heterocycles. The molecule has 0 aliphatic carbocycles. The molecule has 2 heteroatoms. The van der Waals surface area contributed by atoms with E-state index in [1.165, 1.54) is 16.7 Å². The molecule has 1 nitrogen and oxygen atoms in total. The molecule has 2 aromatic rings. The lowest BCUT2D eigenvalue weighted by molar-refractivity contribution is 0.322. The van der Waals surface area contributed by atoms with Crippen molar-refractivity contribution >= 4 is 15.9 Å². The van der Waals surface area contributed by atoms with E-state index in [9.17, 15) is 0 Å². The first-order chi connectivity index (χ1) is 8.78. The quantitative estimate of drug-likeness (QED) is 0.738. The highest BCUT2D eigenvalue weighted by Gasteiger charge is 1.96. The van der Waals surface area contributed by atoms with Crippen LogP contribution in [-0.2, 0) is 11.8 Å². The Bertz CT molecular complexity index is 473. The third kappa shape index (κ3) is 3.88. The van der Waals surface area contributed by atoms with Crippen molar-refractivity contribution in [2.45, 2.75) is 18.7 Å². The molecule has 0 saturated carbocycles. The summed E-state index contributed by atoms with van der Waals surface area (Å²) in [5.74, 6) is 0.937. The SMILES string of the molecule is Cc1ccc(CCOc2ccc(CBr)cc2)cc1. The second kappa shape index (κ2) is 6.60. The summed E-state index contributed by atoms with van der Waals surface area (Å²) in [5.41, 5.74) is 3.88. The number of halogens is 1. The minimum absolute atomic E-state index is 0.719. The topological polar surface area (TPSA) is 9.23 Å². The Morgan fingerprint density at radius 2 is 1.50 bits per heavy atom. The van der Waals surface area contributed by atoms with Gasteiger partial charge in [0.2, 0.25) is 0 Å². The molecule has 0 aliphatic rings. The number of ether oxygens (including phenoxy) is 1.